The van der Waals surface area contributed by atoms with Crippen LogP contribution < -0.4 is 5.32 Å². The van der Waals surface area contributed by atoms with Gasteiger partial charge in [-0.3, -0.25) is 0 Å². The third-order valence-corrected chi connectivity index (χ3v) is 4.57. The minimum atomic E-state index is -0.642. The van der Waals surface area contributed by atoms with Crippen molar-refractivity contribution in [3.8, 4) is 0 Å². The molecule has 1 amide bonds. The first-order chi connectivity index (χ1) is 11.6. The van der Waals surface area contributed by atoms with Gasteiger partial charge in [-0.1, -0.05) is 50.1 Å². The molecule has 5 nitrogen and oxygen atoms in total. The quantitative estimate of drug-likeness (QED) is 0.738. The molecular formula is C19H27NO4. The maximum Gasteiger partial charge on any atom is 0.408 e. The fourth-order valence-corrected chi connectivity index (χ4v) is 3.02. The van der Waals surface area contributed by atoms with Crippen molar-refractivity contribution < 1.29 is 19.1 Å². The summed E-state index contributed by atoms with van der Waals surface area (Å²) in [6, 6.07) is 9.38. The number of ether oxygens (including phenoxy) is 2. The second-order valence-electron chi connectivity index (χ2n) is 6.45. The summed E-state index contributed by atoms with van der Waals surface area (Å²) in [7, 11) is 1.33. The Kier molecular flexibility index (Phi) is 6.64. The predicted molar refractivity (Wildman–Crippen MR) is 91.7 cm³/mol. The van der Waals surface area contributed by atoms with Crippen LogP contribution in [0.5, 0.6) is 0 Å². The highest BCUT2D eigenvalue weighted by molar-refractivity contribution is 5.81. The molecule has 0 aromatic heterocycles. The summed E-state index contributed by atoms with van der Waals surface area (Å²) in [4.78, 5) is 24.1. The molecular weight excluding hydrogens is 306 g/mol. The third-order valence-electron chi connectivity index (χ3n) is 4.57. The Hall–Kier alpha value is -2.04. The number of unbranched alkanes of at least 4 members (excludes halogenated alkanes) is 1. The lowest BCUT2D eigenvalue weighted by Gasteiger charge is -2.41. The molecule has 0 heterocycles. The number of esters is 1. The van der Waals surface area contributed by atoms with E-state index in [1.165, 1.54) is 7.11 Å². The average molecular weight is 333 g/mol. The first kappa shape index (κ1) is 18.3. The van der Waals surface area contributed by atoms with E-state index in [0.717, 1.165) is 37.7 Å². The Bertz CT molecular complexity index is 540. The van der Waals surface area contributed by atoms with Crippen LogP contribution in [0.1, 0.15) is 51.0 Å². The number of hydrogen-bond donors (Lipinski definition) is 1. The van der Waals surface area contributed by atoms with E-state index in [-0.39, 0.29) is 0 Å². The summed E-state index contributed by atoms with van der Waals surface area (Å²) < 4.78 is 10.5. The first-order valence-corrected chi connectivity index (χ1v) is 8.70. The van der Waals surface area contributed by atoms with E-state index in [4.69, 9.17) is 9.47 Å². The van der Waals surface area contributed by atoms with Gasteiger partial charge in [0.1, 0.15) is 11.6 Å². The Labute approximate surface area is 143 Å². The first-order valence-electron chi connectivity index (χ1n) is 8.70. The van der Waals surface area contributed by atoms with E-state index in [1.54, 1.807) is 0 Å². The molecule has 0 saturated heterocycles. The molecule has 0 spiro atoms. The molecule has 5 heteroatoms. The number of carbonyl (C=O) groups excluding carboxylic acids is 2. The molecule has 0 radical (unpaired) electrons. The topological polar surface area (TPSA) is 64.6 Å². The normalized spacial score (nSPS) is 16.6. The summed E-state index contributed by atoms with van der Waals surface area (Å²) >= 11 is 0. The lowest BCUT2D eigenvalue weighted by atomic mass is 9.76. The van der Waals surface area contributed by atoms with Crippen molar-refractivity contribution in [1.29, 1.82) is 0 Å². The van der Waals surface area contributed by atoms with Gasteiger partial charge in [-0.25, -0.2) is 9.59 Å². The Morgan fingerprint density at radius 2 is 1.96 bits per heavy atom. The fraction of sp³-hybridized carbons (Fsp3) is 0.579. The second kappa shape index (κ2) is 8.71. The number of alkyl carbamates (subject to hydrolysis) is 1. The van der Waals surface area contributed by atoms with Crippen molar-refractivity contribution in [3.63, 3.8) is 0 Å². The highest BCUT2D eigenvalue weighted by atomic mass is 16.6. The smallest absolute Gasteiger partial charge is 0.408 e. The highest BCUT2D eigenvalue weighted by Crippen LogP contribution is 2.38. The molecule has 1 fully saturated rings. The number of methoxy groups -OCH3 is 1. The molecule has 1 N–H and O–H groups in total. The summed E-state index contributed by atoms with van der Waals surface area (Å²) in [5.74, 6) is -0.425. The zero-order valence-corrected chi connectivity index (χ0v) is 14.5. The van der Waals surface area contributed by atoms with Crippen LogP contribution in [0.3, 0.4) is 0 Å². The van der Waals surface area contributed by atoms with E-state index in [1.807, 2.05) is 37.3 Å². The lowest BCUT2D eigenvalue weighted by Crippen LogP contribution is -2.49. The molecule has 1 aromatic carbocycles. The molecule has 1 atom stereocenters. The van der Waals surface area contributed by atoms with Gasteiger partial charge in [-0.15, -0.1) is 0 Å². The van der Waals surface area contributed by atoms with Crippen LogP contribution in [-0.2, 0) is 20.7 Å². The number of benzene rings is 1. The number of nitrogens with one attached hydrogen (secondary N) is 1. The van der Waals surface area contributed by atoms with Gasteiger partial charge in [-0.2, -0.15) is 0 Å². The molecule has 0 aliphatic heterocycles. The van der Waals surface area contributed by atoms with Crippen molar-refractivity contribution >= 4 is 12.1 Å². The van der Waals surface area contributed by atoms with Crippen LogP contribution in [0.15, 0.2) is 30.3 Å². The zero-order chi connectivity index (χ0) is 17.4. The van der Waals surface area contributed by atoms with Crippen LogP contribution in [-0.4, -0.2) is 30.8 Å². The molecule has 0 unspecified atom stereocenters. The number of amides is 1. The van der Waals surface area contributed by atoms with Gasteiger partial charge in [0, 0.05) is 6.42 Å². The Morgan fingerprint density at radius 1 is 1.25 bits per heavy atom. The largest absolute Gasteiger partial charge is 0.467 e. The second-order valence-corrected chi connectivity index (χ2v) is 6.45. The number of hydrogen-bond acceptors (Lipinski definition) is 4. The van der Waals surface area contributed by atoms with E-state index >= 15 is 0 Å². The van der Waals surface area contributed by atoms with Crippen LogP contribution in [0.4, 0.5) is 4.79 Å². The maximum absolute atomic E-state index is 12.3. The predicted octanol–water partition coefficient (Wildman–Crippen LogP) is 3.61. The van der Waals surface area contributed by atoms with E-state index < -0.39 is 23.7 Å². The Morgan fingerprint density at radius 3 is 2.50 bits per heavy atom. The standard InChI is InChI=1S/C19H27NO4/c1-3-4-11-16(17(21)23-2)20-18(22)24-19(12-8-13-19)14-15-9-6-5-7-10-15/h5-7,9-10,16H,3-4,8,11-14H2,1-2H3,(H,20,22)/t16-/m0/s1. The van der Waals surface area contributed by atoms with Crippen molar-refractivity contribution in [2.45, 2.75) is 63.5 Å². The van der Waals surface area contributed by atoms with Gasteiger partial charge in [0.15, 0.2) is 0 Å². The number of rotatable bonds is 8. The number of carbonyl (C=O) groups is 2. The highest BCUT2D eigenvalue weighted by Gasteiger charge is 2.41. The molecule has 0 bridgehead atoms. The minimum absolute atomic E-state index is 0.425. The van der Waals surface area contributed by atoms with Crippen LogP contribution in [0.2, 0.25) is 0 Å². The van der Waals surface area contributed by atoms with Gasteiger partial charge in [-0.05, 0) is 31.2 Å². The molecule has 132 valence electrons. The van der Waals surface area contributed by atoms with Crippen LogP contribution >= 0.6 is 0 Å². The van der Waals surface area contributed by atoms with Crippen molar-refractivity contribution in [2.24, 2.45) is 0 Å². The summed E-state index contributed by atoms with van der Waals surface area (Å²) in [5, 5.41) is 2.68. The molecule has 1 saturated carbocycles. The average Bonchev–Trinajstić information content (AvgIpc) is 2.56. The molecule has 1 aliphatic rings. The monoisotopic (exact) mass is 333 g/mol. The molecule has 24 heavy (non-hydrogen) atoms. The maximum atomic E-state index is 12.3. The summed E-state index contributed by atoms with van der Waals surface area (Å²) in [6.07, 6.45) is 5.29. The van der Waals surface area contributed by atoms with E-state index in [9.17, 15) is 9.59 Å². The summed E-state index contributed by atoms with van der Waals surface area (Å²) in [5.41, 5.74) is 0.706. The van der Waals surface area contributed by atoms with Gasteiger partial charge >= 0.3 is 12.1 Å². The van der Waals surface area contributed by atoms with Gasteiger partial charge in [0.2, 0.25) is 0 Å². The van der Waals surface area contributed by atoms with E-state index in [0.29, 0.717) is 12.8 Å². The van der Waals surface area contributed by atoms with Gasteiger partial charge < -0.3 is 14.8 Å². The third kappa shape index (κ3) is 4.98. The van der Waals surface area contributed by atoms with Gasteiger partial charge in [0.05, 0.1) is 7.11 Å². The minimum Gasteiger partial charge on any atom is -0.467 e. The lowest BCUT2D eigenvalue weighted by molar-refractivity contribution is -0.143. The van der Waals surface area contributed by atoms with Crippen molar-refractivity contribution in [3.05, 3.63) is 35.9 Å². The molecule has 1 aromatic rings. The molecule has 1 aliphatic carbocycles. The van der Waals surface area contributed by atoms with Crippen LogP contribution in [0.25, 0.3) is 0 Å². The SMILES string of the molecule is CCCC[C@H](NC(=O)OC1(Cc2ccccc2)CCC1)C(=O)OC. The van der Waals surface area contributed by atoms with Crippen molar-refractivity contribution in [1.82, 2.24) is 5.32 Å². The Balaban J connectivity index is 1.94. The zero-order valence-electron chi connectivity index (χ0n) is 14.5. The fourth-order valence-electron chi connectivity index (χ4n) is 3.02. The van der Waals surface area contributed by atoms with Crippen LogP contribution in [0, 0.1) is 0 Å². The molecule has 2 rings (SSSR count). The van der Waals surface area contributed by atoms with Crippen molar-refractivity contribution in [2.75, 3.05) is 7.11 Å². The van der Waals surface area contributed by atoms with E-state index in [2.05, 4.69) is 5.32 Å². The van der Waals surface area contributed by atoms with Gasteiger partial charge in [0.25, 0.3) is 0 Å². The summed E-state index contributed by atoms with van der Waals surface area (Å²) in [6.45, 7) is 2.04.